The summed E-state index contributed by atoms with van der Waals surface area (Å²) in [5, 5.41) is 12.3. The summed E-state index contributed by atoms with van der Waals surface area (Å²) < 4.78 is 43.7. The minimum Gasteiger partial charge on any atom is -0.479 e. The summed E-state index contributed by atoms with van der Waals surface area (Å²) in [7, 11) is 0. The number of alkyl halides is 3. The molecular formula is C18H28F3NO4. The van der Waals surface area contributed by atoms with Gasteiger partial charge in [-0.15, -0.1) is 0 Å². The second kappa shape index (κ2) is 7.37. The molecule has 0 aromatic rings. The standard InChI is InChI=1S/C18H28F3NO4/c1-4-26-13-10-17(15(24)25,16(13,2)3)22-14(23)9-11-5-7-12(8-6-11)18(19,20)21/h11-13H,4-10H2,1-3H3,(H,22,23)(H,24,25). The quantitative estimate of drug-likeness (QED) is 0.740. The highest BCUT2D eigenvalue weighted by atomic mass is 19.4. The Morgan fingerprint density at radius 3 is 2.19 bits per heavy atom. The van der Waals surface area contributed by atoms with Gasteiger partial charge in [0, 0.05) is 24.9 Å². The third-order valence-corrected chi connectivity index (χ3v) is 6.27. The van der Waals surface area contributed by atoms with E-state index in [4.69, 9.17) is 4.74 Å². The van der Waals surface area contributed by atoms with Crippen LogP contribution in [0.2, 0.25) is 0 Å². The van der Waals surface area contributed by atoms with Crippen molar-refractivity contribution in [1.82, 2.24) is 5.32 Å². The molecule has 0 bridgehead atoms. The molecule has 0 aliphatic heterocycles. The van der Waals surface area contributed by atoms with Gasteiger partial charge in [0.1, 0.15) is 5.54 Å². The number of hydrogen-bond acceptors (Lipinski definition) is 3. The molecule has 0 spiro atoms. The van der Waals surface area contributed by atoms with E-state index in [1.165, 1.54) is 0 Å². The van der Waals surface area contributed by atoms with E-state index in [9.17, 15) is 27.9 Å². The Labute approximate surface area is 151 Å². The van der Waals surface area contributed by atoms with E-state index in [1.807, 2.05) is 6.92 Å². The van der Waals surface area contributed by atoms with E-state index in [-0.39, 0.29) is 37.7 Å². The lowest BCUT2D eigenvalue weighted by atomic mass is 9.54. The summed E-state index contributed by atoms with van der Waals surface area (Å²) in [6.45, 7) is 5.78. The predicted octanol–water partition coefficient (Wildman–Crippen LogP) is 3.52. The molecule has 8 heteroatoms. The molecule has 2 N–H and O–H groups in total. The zero-order chi connectivity index (χ0) is 19.8. The molecule has 150 valence electrons. The van der Waals surface area contributed by atoms with Crippen molar-refractivity contribution in [2.75, 3.05) is 6.61 Å². The SMILES string of the molecule is CCOC1CC(NC(=O)CC2CCC(C(F)(F)F)CC2)(C(=O)O)C1(C)C. The zero-order valence-electron chi connectivity index (χ0n) is 15.5. The Kier molecular flexibility index (Phi) is 5.95. The Hall–Kier alpha value is -1.31. The lowest BCUT2D eigenvalue weighted by Gasteiger charge is -2.58. The number of carbonyl (C=O) groups is 2. The fraction of sp³-hybridized carbons (Fsp3) is 0.889. The van der Waals surface area contributed by atoms with E-state index in [2.05, 4.69) is 5.32 Å². The number of aliphatic carboxylic acids is 1. The molecule has 0 heterocycles. The van der Waals surface area contributed by atoms with Crippen molar-refractivity contribution in [3.05, 3.63) is 0 Å². The molecule has 0 aromatic carbocycles. The van der Waals surface area contributed by atoms with Gasteiger partial charge in [0.15, 0.2) is 0 Å². The number of hydrogen-bond donors (Lipinski definition) is 2. The third kappa shape index (κ3) is 3.85. The lowest BCUT2D eigenvalue weighted by Crippen LogP contribution is -2.76. The average Bonchev–Trinajstić information content (AvgIpc) is 2.53. The molecule has 2 saturated carbocycles. The fourth-order valence-electron chi connectivity index (χ4n) is 4.28. The second-order valence-corrected chi connectivity index (χ2v) is 8.09. The van der Waals surface area contributed by atoms with Gasteiger partial charge in [0.2, 0.25) is 5.91 Å². The summed E-state index contributed by atoms with van der Waals surface area (Å²) in [6.07, 6.45) is -3.45. The van der Waals surface area contributed by atoms with Crippen LogP contribution in [-0.4, -0.2) is 41.4 Å². The minimum absolute atomic E-state index is 0.0312. The summed E-state index contributed by atoms with van der Waals surface area (Å²) in [6, 6.07) is 0. The largest absolute Gasteiger partial charge is 0.479 e. The summed E-state index contributed by atoms with van der Waals surface area (Å²) >= 11 is 0. The molecule has 5 nitrogen and oxygen atoms in total. The highest BCUT2D eigenvalue weighted by Crippen LogP contribution is 2.51. The first kappa shape index (κ1) is 21.0. The van der Waals surface area contributed by atoms with Crippen LogP contribution < -0.4 is 5.32 Å². The molecule has 26 heavy (non-hydrogen) atoms. The number of ether oxygens (including phenoxy) is 1. The molecule has 1 amide bonds. The van der Waals surface area contributed by atoms with E-state index in [0.29, 0.717) is 19.4 Å². The van der Waals surface area contributed by atoms with E-state index in [0.717, 1.165) is 0 Å². The first-order valence-corrected chi connectivity index (χ1v) is 9.16. The number of amides is 1. The highest BCUT2D eigenvalue weighted by molar-refractivity contribution is 5.89. The molecule has 0 radical (unpaired) electrons. The van der Waals surface area contributed by atoms with E-state index in [1.54, 1.807) is 13.8 Å². The average molecular weight is 379 g/mol. The molecule has 2 aliphatic rings. The van der Waals surface area contributed by atoms with Crippen LogP contribution in [0.1, 0.15) is 59.3 Å². The molecule has 2 aliphatic carbocycles. The van der Waals surface area contributed by atoms with Crippen molar-refractivity contribution >= 4 is 11.9 Å². The van der Waals surface area contributed by atoms with Gasteiger partial charge in [-0.3, -0.25) is 4.79 Å². The number of nitrogens with one attached hydrogen (secondary N) is 1. The van der Waals surface area contributed by atoms with Crippen molar-refractivity contribution in [2.45, 2.75) is 77.1 Å². The Bertz CT molecular complexity index is 541. The van der Waals surface area contributed by atoms with Crippen molar-refractivity contribution in [2.24, 2.45) is 17.3 Å². The summed E-state index contributed by atoms with van der Waals surface area (Å²) in [4.78, 5) is 24.3. The Morgan fingerprint density at radius 2 is 1.77 bits per heavy atom. The van der Waals surface area contributed by atoms with Crippen LogP contribution in [0.5, 0.6) is 0 Å². The molecule has 2 fully saturated rings. The molecule has 2 unspecified atom stereocenters. The maximum absolute atomic E-state index is 12.7. The fourth-order valence-corrected chi connectivity index (χ4v) is 4.28. The van der Waals surface area contributed by atoms with Crippen LogP contribution in [-0.2, 0) is 14.3 Å². The predicted molar refractivity (Wildman–Crippen MR) is 88.4 cm³/mol. The monoisotopic (exact) mass is 379 g/mol. The van der Waals surface area contributed by atoms with E-state index < -0.39 is 34.9 Å². The summed E-state index contributed by atoms with van der Waals surface area (Å²) in [5.74, 6) is -2.94. The molecule has 0 aromatic heterocycles. The van der Waals surface area contributed by atoms with Gasteiger partial charge in [-0.2, -0.15) is 13.2 Å². The van der Waals surface area contributed by atoms with Crippen LogP contribution in [0.3, 0.4) is 0 Å². The molecule has 2 atom stereocenters. The van der Waals surface area contributed by atoms with Crippen molar-refractivity contribution in [1.29, 1.82) is 0 Å². The minimum atomic E-state index is -4.18. The van der Waals surface area contributed by atoms with Crippen molar-refractivity contribution < 1.29 is 32.6 Å². The van der Waals surface area contributed by atoms with Crippen LogP contribution in [0.25, 0.3) is 0 Å². The summed E-state index contributed by atoms with van der Waals surface area (Å²) in [5.41, 5.74) is -2.16. The first-order valence-electron chi connectivity index (χ1n) is 9.16. The Morgan fingerprint density at radius 1 is 1.19 bits per heavy atom. The van der Waals surface area contributed by atoms with E-state index >= 15 is 0 Å². The van der Waals surface area contributed by atoms with Gasteiger partial charge in [-0.05, 0) is 38.5 Å². The first-order chi connectivity index (χ1) is 11.9. The lowest BCUT2D eigenvalue weighted by molar-refractivity contribution is -0.195. The Balaban J connectivity index is 1.93. The highest BCUT2D eigenvalue weighted by Gasteiger charge is 2.66. The number of halogens is 3. The van der Waals surface area contributed by atoms with Gasteiger partial charge < -0.3 is 15.2 Å². The molecular weight excluding hydrogens is 351 g/mol. The van der Waals surface area contributed by atoms with Gasteiger partial charge in [-0.1, -0.05) is 13.8 Å². The van der Waals surface area contributed by atoms with Gasteiger partial charge in [-0.25, -0.2) is 4.79 Å². The van der Waals surface area contributed by atoms with Gasteiger partial charge in [0.25, 0.3) is 0 Å². The van der Waals surface area contributed by atoms with Crippen molar-refractivity contribution in [3.63, 3.8) is 0 Å². The molecule has 0 saturated heterocycles. The smallest absolute Gasteiger partial charge is 0.391 e. The second-order valence-electron chi connectivity index (χ2n) is 8.09. The number of rotatable bonds is 6. The number of carboxylic acid groups (broad SMARTS) is 1. The van der Waals surface area contributed by atoms with Gasteiger partial charge >= 0.3 is 12.1 Å². The van der Waals surface area contributed by atoms with Crippen LogP contribution in [0.15, 0.2) is 0 Å². The van der Waals surface area contributed by atoms with Crippen molar-refractivity contribution in [3.8, 4) is 0 Å². The van der Waals surface area contributed by atoms with Gasteiger partial charge in [0.05, 0.1) is 12.0 Å². The number of carbonyl (C=O) groups excluding carboxylic acids is 1. The van der Waals surface area contributed by atoms with Crippen LogP contribution >= 0.6 is 0 Å². The number of carboxylic acids is 1. The maximum Gasteiger partial charge on any atom is 0.391 e. The topological polar surface area (TPSA) is 75.6 Å². The zero-order valence-corrected chi connectivity index (χ0v) is 15.5. The third-order valence-electron chi connectivity index (χ3n) is 6.27. The molecule has 2 rings (SSSR count). The van der Waals surface area contributed by atoms with Crippen LogP contribution in [0, 0.1) is 17.3 Å². The normalized spacial score (nSPS) is 34.0. The van der Waals surface area contributed by atoms with Crippen LogP contribution in [0.4, 0.5) is 13.2 Å². The maximum atomic E-state index is 12.7.